The Kier molecular flexibility index (Phi) is 4.03. The minimum atomic E-state index is -4.61. The first-order chi connectivity index (χ1) is 10.5. The van der Waals surface area contributed by atoms with Gasteiger partial charge in [0.1, 0.15) is 5.82 Å². The zero-order valence-electron chi connectivity index (χ0n) is 12.9. The second-order valence-electron chi connectivity index (χ2n) is 5.91. The average Bonchev–Trinajstić information content (AvgIpc) is 2.95. The van der Waals surface area contributed by atoms with Gasteiger partial charge in [-0.05, 0) is 20.3 Å². The summed E-state index contributed by atoms with van der Waals surface area (Å²) in [5, 5.41) is 14.9. The summed E-state index contributed by atoms with van der Waals surface area (Å²) in [7, 11) is 1.29. The fourth-order valence-electron chi connectivity index (χ4n) is 2.56. The third-order valence-electron chi connectivity index (χ3n) is 4.05. The van der Waals surface area contributed by atoms with Gasteiger partial charge in [0.15, 0.2) is 5.69 Å². The van der Waals surface area contributed by atoms with E-state index in [4.69, 9.17) is 5.11 Å². The molecule has 1 aliphatic heterocycles. The Morgan fingerprint density at radius 2 is 2.00 bits per heavy atom. The van der Waals surface area contributed by atoms with Crippen LogP contribution in [0.3, 0.4) is 0 Å². The number of nitrogens with one attached hydrogen (secondary N) is 1. The number of alkyl halides is 3. The van der Waals surface area contributed by atoms with Crippen LogP contribution >= 0.6 is 0 Å². The third kappa shape index (κ3) is 3.10. The van der Waals surface area contributed by atoms with Gasteiger partial charge in [0.2, 0.25) is 0 Å². The zero-order chi connectivity index (χ0) is 17.6. The van der Waals surface area contributed by atoms with Gasteiger partial charge in [-0.2, -0.15) is 18.3 Å². The van der Waals surface area contributed by atoms with Crippen LogP contribution in [0.5, 0.6) is 0 Å². The molecule has 2 amide bonds. The van der Waals surface area contributed by atoms with E-state index >= 15 is 0 Å². The number of aromatic nitrogens is 2. The van der Waals surface area contributed by atoms with Gasteiger partial charge in [-0.15, -0.1) is 0 Å². The lowest BCUT2D eigenvalue weighted by Crippen LogP contribution is -2.37. The largest absolute Gasteiger partial charge is 0.481 e. The standard InChI is InChI=1S/C13H17F3N4O3/c1-7-8(13(14,15)16)18-19(3)9(7)17-11(23)20-5-4-12(2,6-20)10(21)22/h4-6H2,1-3H3,(H,17,23)(H,21,22). The fourth-order valence-corrected chi connectivity index (χ4v) is 2.56. The SMILES string of the molecule is Cc1c(C(F)(F)F)nn(C)c1NC(=O)N1CCC(C)(C(=O)O)C1. The molecule has 0 aliphatic carbocycles. The Morgan fingerprint density at radius 3 is 2.43 bits per heavy atom. The average molecular weight is 334 g/mol. The lowest BCUT2D eigenvalue weighted by atomic mass is 9.90. The Balaban J connectivity index is 2.16. The van der Waals surface area contributed by atoms with E-state index in [9.17, 15) is 22.8 Å². The van der Waals surface area contributed by atoms with E-state index < -0.39 is 29.3 Å². The molecule has 128 valence electrons. The maximum absolute atomic E-state index is 12.8. The third-order valence-corrected chi connectivity index (χ3v) is 4.05. The normalized spacial score (nSPS) is 21.6. The van der Waals surface area contributed by atoms with Gasteiger partial charge in [0.25, 0.3) is 0 Å². The van der Waals surface area contributed by atoms with Gasteiger partial charge in [-0.25, -0.2) is 4.79 Å². The van der Waals surface area contributed by atoms with Crippen molar-refractivity contribution in [3.05, 3.63) is 11.3 Å². The number of carbonyl (C=O) groups excluding carboxylic acids is 1. The predicted molar refractivity (Wildman–Crippen MR) is 73.9 cm³/mol. The van der Waals surface area contributed by atoms with E-state index in [0.717, 1.165) is 4.68 Å². The van der Waals surface area contributed by atoms with Crippen LogP contribution in [0.25, 0.3) is 0 Å². The molecule has 1 saturated heterocycles. The van der Waals surface area contributed by atoms with Crippen molar-refractivity contribution >= 4 is 17.8 Å². The van der Waals surface area contributed by atoms with Gasteiger partial charge in [0, 0.05) is 25.7 Å². The number of halogens is 3. The number of hydrogen-bond acceptors (Lipinski definition) is 3. The Hall–Kier alpha value is -2.26. The summed E-state index contributed by atoms with van der Waals surface area (Å²) in [6.45, 7) is 2.96. The molecule has 1 atom stereocenters. The molecular weight excluding hydrogens is 317 g/mol. The summed E-state index contributed by atoms with van der Waals surface area (Å²) in [4.78, 5) is 24.6. The van der Waals surface area contributed by atoms with Crippen molar-refractivity contribution in [1.82, 2.24) is 14.7 Å². The smallest absolute Gasteiger partial charge is 0.435 e. The van der Waals surface area contributed by atoms with Crippen LogP contribution in [-0.2, 0) is 18.0 Å². The highest BCUT2D eigenvalue weighted by molar-refractivity contribution is 5.90. The molecule has 2 N–H and O–H groups in total. The highest BCUT2D eigenvalue weighted by Crippen LogP contribution is 2.34. The molecule has 1 aromatic heterocycles. The summed E-state index contributed by atoms with van der Waals surface area (Å²) >= 11 is 0. The summed E-state index contributed by atoms with van der Waals surface area (Å²) < 4.78 is 39.4. The Morgan fingerprint density at radius 1 is 1.39 bits per heavy atom. The number of likely N-dealkylation sites (tertiary alicyclic amines) is 1. The van der Waals surface area contributed by atoms with E-state index in [-0.39, 0.29) is 30.9 Å². The topological polar surface area (TPSA) is 87.5 Å². The van der Waals surface area contributed by atoms with Crippen LogP contribution in [0.4, 0.5) is 23.8 Å². The van der Waals surface area contributed by atoms with Crippen molar-refractivity contribution in [3.63, 3.8) is 0 Å². The quantitative estimate of drug-likeness (QED) is 0.867. The molecule has 23 heavy (non-hydrogen) atoms. The van der Waals surface area contributed by atoms with E-state index in [1.165, 1.54) is 25.8 Å². The second kappa shape index (κ2) is 5.43. The highest BCUT2D eigenvalue weighted by Gasteiger charge is 2.43. The number of rotatable bonds is 2. The molecule has 10 heteroatoms. The molecule has 2 rings (SSSR count). The van der Waals surface area contributed by atoms with Gasteiger partial charge in [-0.1, -0.05) is 0 Å². The molecule has 1 unspecified atom stereocenters. The van der Waals surface area contributed by atoms with E-state index in [0.29, 0.717) is 0 Å². The van der Waals surface area contributed by atoms with Crippen molar-refractivity contribution in [2.24, 2.45) is 12.5 Å². The molecule has 0 saturated carbocycles. The first-order valence-corrected chi connectivity index (χ1v) is 6.86. The number of carboxylic acid groups (broad SMARTS) is 1. The lowest BCUT2D eigenvalue weighted by molar-refractivity contribution is -0.147. The Bertz CT molecular complexity index is 656. The van der Waals surface area contributed by atoms with Crippen LogP contribution in [0.15, 0.2) is 0 Å². The summed E-state index contributed by atoms with van der Waals surface area (Å²) in [5.41, 5.74) is -2.30. The maximum Gasteiger partial charge on any atom is 0.435 e. The first kappa shape index (κ1) is 17.1. The first-order valence-electron chi connectivity index (χ1n) is 6.86. The fraction of sp³-hybridized carbons (Fsp3) is 0.615. The van der Waals surface area contributed by atoms with E-state index in [1.807, 2.05) is 0 Å². The molecule has 0 bridgehead atoms. The minimum Gasteiger partial charge on any atom is -0.481 e. The molecule has 7 nitrogen and oxygen atoms in total. The number of carbonyl (C=O) groups is 2. The number of aryl methyl sites for hydroxylation is 1. The molecule has 1 aliphatic rings. The Labute approximate surface area is 130 Å². The molecule has 0 radical (unpaired) electrons. The van der Waals surface area contributed by atoms with Gasteiger partial charge < -0.3 is 10.0 Å². The predicted octanol–water partition coefficient (Wildman–Crippen LogP) is 2.08. The van der Waals surface area contributed by atoms with Gasteiger partial charge in [0.05, 0.1) is 5.41 Å². The number of anilines is 1. The van der Waals surface area contributed by atoms with E-state index in [1.54, 1.807) is 0 Å². The number of amides is 2. The van der Waals surface area contributed by atoms with Crippen molar-refractivity contribution in [3.8, 4) is 0 Å². The van der Waals surface area contributed by atoms with Crippen molar-refractivity contribution < 1.29 is 27.9 Å². The summed E-state index contributed by atoms with van der Waals surface area (Å²) in [6, 6.07) is -0.644. The lowest BCUT2D eigenvalue weighted by Gasteiger charge is -2.20. The van der Waals surface area contributed by atoms with Crippen LogP contribution < -0.4 is 5.32 Å². The molecular formula is C13H17F3N4O3. The number of aliphatic carboxylic acids is 1. The molecule has 2 heterocycles. The number of nitrogens with zero attached hydrogens (tertiary/aromatic N) is 3. The van der Waals surface area contributed by atoms with Gasteiger partial charge >= 0.3 is 18.2 Å². The monoisotopic (exact) mass is 334 g/mol. The molecule has 1 aromatic rings. The highest BCUT2D eigenvalue weighted by atomic mass is 19.4. The second-order valence-corrected chi connectivity index (χ2v) is 5.91. The molecule has 1 fully saturated rings. The van der Waals surface area contributed by atoms with Gasteiger partial charge in [-0.3, -0.25) is 14.8 Å². The number of urea groups is 1. The van der Waals surface area contributed by atoms with Crippen molar-refractivity contribution in [2.45, 2.75) is 26.4 Å². The number of carboxylic acids is 1. The summed E-state index contributed by atoms with van der Waals surface area (Å²) in [6.07, 6.45) is -4.33. The van der Waals surface area contributed by atoms with Crippen molar-refractivity contribution in [2.75, 3.05) is 18.4 Å². The minimum absolute atomic E-state index is 0.00278. The maximum atomic E-state index is 12.8. The summed E-state index contributed by atoms with van der Waals surface area (Å²) in [5.74, 6) is -1.07. The number of hydrogen-bond donors (Lipinski definition) is 2. The van der Waals surface area contributed by atoms with Crippen LogP contribution in [-0.4, -0.2) is 44.9 Å². The van der Waals surface area contributed by atoms with Crippen LogP contribution in [0, 0.1) is 12.3 Å². The van der Waals surface area contributed by atoms with Crippen LogP contribution in [0.2, 0.25) is 0 Å². The van der Waals surface area contributed by atoms with E-state index in [2.05, 4.69) is 10.4 Å². The molecule has 0 spiro atoms. The van der Waals surface area contributed by atoms with Crippen LogP contribution in [0.1, 0.15) is 24.6 Å². The molecule has 0 aromatic carbocycles. The van der Waals surface area contributed by atoms with Crippen molar-refractivity contribution in [1.29, 1.82) is 0 Å². The zero-order valence-corrected chi connectivity index (χ0v) is 12.9.